The van der Waals surface area contributed by atoms with Crippen LogP contribution < -0.4 is 0 Å². The summed E-state index contributed by atoms with van der Waals surface area (Å²) in [6.45, 7) is 2.85. The Morgan fingerprint density at radius 2 is 1.95 bits per heavy atom. The third-order valence-corrected chi connectivity index (χ3v) is 5.37. The first-order chi connectivity index (χ1) is 8.73. The number of aliphatic hydroxyl groups is 1. The van der Waals surface area contributed by atoms with Crippen LogP contribution in [0.5, 0.6) is 0 Å². The summed E-state index contributed by atoms with van der Waals surface area (Å²) in [7, 11) is -3.99. The predicted octanol–water partition coefficient (Wildman–Crippen LogP) is 2.52. The smallest absolute Gasteiger partial charge is 0.244 e. The maximum Gasteiger partial charge on any atom is 0.244 e. The van der Waals surface area contributed by atoms with Crippen molar-refractivity contribution in [3.05, 3.63) is 28.0 Å². The molecule has 1 N–H and O–H groups in total. The van der Waals surface area contributed by atoms with Crippen LogP contribution in [-0.4, -0.2) is 37.0 Å². The van der Waals surface area contributed by atoms with Gasteiger partial charge in [-0.05, 0) is 26.0 Å². The summed E-state index contributed by atoms with van der Waals surface area (Å²) in [5, 5.41) is 8.14. The molecular formula is C11H14Cl2FNO3S. The molecule has 0 radical (unpaired) electrons. The van der Waals surface area contributed by atoms with Crippen LogP contribution in [0.3, 0.4) is 0 Å². The molecule has 0 saturated carbocycles. The van der Waals surface area contributed by atoms with Gasteiger partial charge in [0.2, 0.25) is 10.0 Å². The molecule has 0 aliphatic heterocycles. The fraction of sp³-hybridized carbons (Fsp3) is 0.455. The molecule has 1 rings (SSSR count). The van der Waals surface area contributed by atoms with E-state index in [1.165, 1.54) is 0 Å². The van der Waals surface area contributed by atoms with Gasteiger partial charge in [-0.15, -0.1) is 0 Å². The Morgan fingerprint density at radius 3 is 2.42 bits per heavy atom. The summed E-state index contributed by atoms with van der Waals surface area (Å²) in [5.41, 5.74) is 0. The molecule has 0 amide bonds. The van der Waals surface area contributed by atoms with Crippen molar-refractivity contribution in [3.63, 3.8) is 0 Å². The molecule has 19 heavy (non-hydrogen) atoms. The lowest BCUT2D eigenvalue weighted by atomic mass is 10.3. The van der Waals surface area contributed by atoms with E-state index in [2.05, 4.69) is 0 Å². The van der Waals surface area contributed by atoms with E-state index < -0.39 is 26.9 Å². The van der Waals surface area contributed by atoms with E-state index in [1.54, 1.807) is 13.8 Å². The topological polar surface area (TPSA) is 57.6 Å². The zero-order valence-corrected chi connectivity index (χ0v) is 12.7. The predicted molar refractivity (Wildman–Crippen MR) is 72.5 cm³/mol. The first-order valence-electron chi connectivity index (χ1n) is 5.49. The fourth-order valence-corrected chi connectivity index (χ4v) is 3.94. The maximum atomic E-state index is 13.6. The molecule has 0 atom stereocenters. The van der Waals surface area contributed by atoms with Gasteiger partial charge in [-0.3, -0.25) is 0 Å². The molecule has 0 heterocycles. The van der Waals surface area contributed by atoms with Gasteiger partial charge in [0.15, 0.2) is 5.82 Å². The molecule has 0 aliphatic carbocycles. The van der Waals surface area contributed by atoms with Gasteiger partial charge >= 0.3 is 0 Å². The van der Waals surface area contributed by atoms with Crippen LogP contribution >= 0.6 is 23.2 Å². The van der Waals surface area contributed by atoms with Crippen molar-refractivity contribution in [2.45, 2.75) is 24.8 Å². The van der Waals surface area contributed by atoms with Crippen molar-refractivity contribution in [2.75, 3.05) is 13.2 Å². The second-order valence-electron chi connectivity index (χ2n) is 4.11. The van der Waals surface area contributed by atoms with E-state index >= 15 is 0 Å². The van der Waals surface area contributed by atoms with Gasteiger partial charge < -0.3 is 5.11 Å². The molecule has 8 heteroatoms. The Kier molecular flexibility index (Phi) is 5.58. The van der Waals surface area contributed by atoms with Gasteiger partial charge in [0.25, 0.3) is 0 Å². The van der Waals surface area contributed by atoms with Crippen LogP contribution in [0.4, 0.5) is 4.39 Å². The van der Waals surface area contributed by atoms with E-state index in [0.717, 1.165) is 16.4 Å². The highest BCUT2D eigenvalue weighted by Crippen LogP contribution is 2.31. The second-order valence-corrected chi connectivity index (χ2v) is 6.75. The summed E-state index contributed by atoms with van der Waals surface area (Å²) >= 11 is 11.2. The standard InChI is InChI=1S/C11H14Cl2FNO3S/c1-7(2)15(5-6-16)19(17,18)9-4-3-8(12)11(14)10(9)13/h3-4,7,16H,5-6H2,1-2H3. The molecule has 108 valence electrons. The lowest BCUT2D eigenvalue weighted by Gasteiger charge is -2.25. The molecule has 0 aliphatic rings. The molecule has 0 saturated heterocycles. The van der Waals surface area contributed by atoms with Gasteiger partial charge in [0.1, 0.15) is 4.90 Å². The number of benzene rings is 1. The number of sulfonamides is 1. The van der Waals surface area contributed by atoms with Crippen LogP contribution in [-0.2, 0) is 10.0 Å². The molecule has 0 fully saturated rings. The van der Waals surface area contributed by atoms with Crippen molar-refractivity contribution in [1.82, 2.24) is 4.31 Å². The minimum Gasteiger partial charge on any atom is -0.395 e. The normalized spacial score (nSPS) is 12.4. The molecule has 0 unspecified atom stereocenters. The van der Waals surface area contributed by atoms with Gasteiger partial charge in [0, 0.05) is 12.6 Å². The SMILES string of the molecule is CC(C)N(CCO)S(=O)(=O)c1ccc(Cl)c(F)c1Cl. The van der Waals surface area contributed by atoms with Crippen molar-refractivity contribution < 1.29 is 17.9 Å². The molecular weight excluding hydrogens is 316 g/mol. The summed E-state index contributed by atoms with van der Waals surface area (Å²) in [4.78, 5) is -0.363. The highest BCUT2D eigenvalue weighted by Gasteiger charge is 2.30. The minimum absolute atomic E-state index is 0.0967. The number of rotatable bonds is 5. The first-order valence-corrected chi connectivity index (χ1v) is 7.69. The van der Waals surface area contributed by atoms with Crippen molar-refractivity contribution in [2.24, 2.45) is 0 Å². The Morgan fingerprint density at radius 1 is 1.37 bits per heavy atom. The number of nitrogens with zero attached hydrogens (tertiary/aromatic N) is 1. The van der Waals surface area contributed by atoms with Crippen LogP contribution in [0.25, 0.3) is 0 Å². The average molecular weight is 330 g/mol. The lowest BCUT2D eigenvalue weighted by Crippen LogP contribution is -2.39. The van der Waals surface area contributed by atoms with Gasteiger partial charge in [-0.25, -0.2) is 12.8 Å². The second kappa shape index (κ2) is 6.37. The molecule has 0 aromatic heterocycles. The van der Waals surface area contributed by atoms with Crippen molar-refractivity contribution in [3.8, 4) is 0 Å². The molecule has 1 aromatic carbocycles. The van der Waals surface area contributed by atoms with Crippen molar-refractivity contribution >= 4 is 33.2 Å². The van der Waals surface area contributed by atoms with Gasteiger partial charge in [0.05, 0.1) is 16.7 Å². The van der Waals surface area contributed by atoms with E-state index in [-0.39, 0.29) is 23.1 Å². The number of hydrogen-bond acceptors (Lipinski definition) is 3. The highest BCUT2D eigenvalue weighted by atomic mass is 35.5. The van der Waals surface area contributed by atoms with Gasteiger partial charge in [-0.1, -0.05) is 23.2 Å². The summed E-state index contributed by atoms with van der Waals surface area (Å²) in [6.07, 6.45) is 0. The van der Waals surface area contributed by atoms with Crippen LogP contribution in [0.15, 0.2) is 17.0 Å². The Bertz CT molecular complexity index is 563. The van der Waals surface area contributed by atoms with Gasteiger partial charge in [-0.2, -0.15) is 4.31 Å². The van der Waals surface area contributed by atoms with Crippen LogP contribution in [0.1, 0.15) is 13.8 Å². The lowest BCUT2D eigenvalue weighted by molar-refractivity contribution is 0.236. The average Bonchev–Trinajstić information content (AvgIpc) is 2.32. The van der Waals surface area contributed by atoms with E-state index in [9.17, 15) is 12.8 Å². The zero-order valence-electron chi connectivity index (χ0n) is 10.4. The Hall–Kier alpha value is -0.400. The fourth-order valence-electron chi connectivity index (χ4n) is 1.59. The summed E-state index contributed by atoms with van der Waals surface area (Å²) in [5.74, 6) is -0.975. The Labute approximate surface area is 121 Å². The number of halogens is 3. The maximum absolute atomic E-state index is 13.6. The number of hydrogen-bond donors (Lipinski definition) is 1. The quantitative estimate of drug-likeness (QED) is 0.844. The molecule has 0 bridgehead atoms. The van der Waals surface area contributed by atoms with Crippen LogP contribution in [0, 0.1) is 5.82 Å². The first kappa shape index (κ1) is 16.7. The summed E-state index contributed by atoms with van der Waals surface area (Å²) in [6, 6.07) is 1.88. The van der Waals surface area contributed by atoms with E-state index in [4.69, 9.17) is 28.3 Å². The largest absolute Gasteiger partial charge is 0.395 e. The third-order valence-electron chi connectivity index (χ3n) is 2.48. The van der Waals surface area contributed by atoms with Crippen LogP contribution in [0.2, 0.25) is 10.0 Å². The van der Waals surface area contributed by atoms with E-state index in [1.807, 2.05) is 0 Å². The highest BCUT2D eigenvalue weighted by molar-refractivity contribution is 7.89. The zero-order chi connectivity index (χ0) is 14.8. The summed E-state index contributed by atoms with van der Waals surface area (Å²) < 4.78 is 39.4. The molecule has 4 nitrogen and oxygen atoms in total. The third kappa shape index (κ3) is 3.38. The molecule has 1 aromatic rings. The molecule has 0 spiro atoms. The number of aliphatic hydroxyl groups excluding tert-OH is 1. The Balaban J connectivity index is 3.38. The monoisotopic (exact) mass is 329 g/mol. The van der Waals surface area contributed by atoms with E-state index in [0.29, 0.717) is 0 Å². The van der Waals surface area contributed by atoms with Crippen molar-refractivity contribution in [1.29, 1.82) is 0 Å². The minimum atomic E-state index is -3.99.